The van der Waals surface area contributed by atoms with Gasteiger partial charge < -0.3 is 19.9 Å². The molecule has 6 nitrogen and oxygen atoms in total. The number of para-hydroxylation sites is 2. The SMILES string of the molecule is O=C(NC1(C(=O)O)CCSCC1)C1COc2ccccc2O1. The Bertz CT molecular complexity index is 585. The van der Waals surface area contributed by atoms with Crippen LogP contribution in [0.5, 0.6) is 11.5 Å². The molecule has 0 bridgehead atoms. The average Bonchev–Trinajstić information content (AvgIpc) is 2.55. The second kappa shape index (κ2) is 6.08. The summed E-state index contributed by atoms with van der Waals surface area (Å²) in [6.07, 6.45) is 0.00641. The van der Waals surface area contributed by atoms with Gasteiger partial charge in [-0.15, -0.1) is 0 Å². The zero-order valence-electron chi connectivity index (χ0n) is 11.9. The number of aliphatic carboxylic acids is 1. The number of amides is 1. The van der Waals surface area contributed by atoms with E-state index in [1.165, 1.54) is 0 Å². The molecule has 1 aromatic carbocycles. The topological polar surface area (TPSA) is 84.9 Å². The quantitative estimate of drug-likeness (QED) is 0.872. The highest BCUT2D eigenvalue weighted by molar-refractivity contribution is 7.99. The van der Waals surface area contributed by atoms with Gasteiger partial charge in [-0.05, 0) is 36.5 Å². The van der Waals surface area contributed by atoms with E-state index in [0.29, 0.717) is 24.3 Å². The maximum atomic E-state index is 12.4. The minimum atomic E-state index is -1.19. The first-order chi connectivity index (χ1) is 10.6. The predicted octanol–water partition coefficient (Wildman–Crippen LogP) is 1.29. The van der Waals surface area contributed by atoms with Crippen LogP contribution in [0.15, 0.2) is 24.3 Å². The third-order valence-electron chi connectivity index (χ3n) is 3.92. The lowest BCUT2D eigenvalue weighted by atomic mass is 9.92. The standard InChI is InChI=1S/C15H17NO5S/c17-13(16-15(14(18)19)5-7-22-8-6-15)12-9-20-10-3-1-2-4-11(10)21-12/h1-4,12H,5-9H2,(H,16,17)(H,18,19). The van der Waals surface area contributed by atoms with Crippen LogP contribution >= 0.6 is 11.8 Å². The molecule has 1 atom stereocenters. The number of hydrogen-bond donors (Lipinski definition) is 2. The number of nitrogens with one attached hydrogen (secondary N) is 1. The van der Waals surface area contributed by atoms with Crippen molar-refractivity contribution in [1.82, 2.24) is 5.32 Å². The highest BCUT2D eigenvalue weighted by Crippen LogP contribution is 2.32. The Kier molecular flexibility index (Phi) is 4.15. The van der Waals surface area contributed by atoms with Crippen molar-refractivity contribution >= 4 is 23.6 Å². The van der Waals surface area contributed by atoms with Crippen LogP contribution in [0.1, 0.15) is 12.8 Å². The number of carbonyl (C=O) groups is 2. The van der Waals surface area contributed by atoms with E-state index in [-0.39, 0.29) is 6.61 Å². The maximum Gasteiger partial charge on any atom is 0.329 e. The van der Waals surface area contributed by atoms with Crippen molar-refractivity contribution in [3.8, 4) is 11.5 Å². The normalized spacial score (nSPS) is 22.6. The van der Waals surface area contributed by atoms with Crippen molar-refractivity contribution in [2.75, 3.05) is 18.1 Å². The second-order valence-electron chi connectivity index (χ2n) is 5.35. The Morgan fingerprint density at radius 2 is 1.91 bits per heavy atom. The molecule has 2 aliphatic heterocycles. The van der Waals surface area contributed by atoms with Crippen LogP contribution in [-0.4, -0.2) is 46.7 Å². The minimum absolute atomic E-state index is 0.0767. The molecule has 0 radical (unpaired) electrons. The highest BCUT2D eigenvalue weighted by atomic mass is 32.2. The third kappa shape index (κ3) is 2.85. The Morgan fingerprint density at radius 3 is 2.59 bits per heavy atom. The minimum Gasteiger partial charge on any atom is -0.485 e. The Hall–Kier alpha value is -1.89. The number of fused-ring (bicyclic) bond motifs is 1. The molecule has 1 saturated heterocycles. The molecular weight excluding hydrogens is 306 g/mol. The fraction of sp³-hybridized carbons (Fsp3) is 0.467. The summed E-state index contributed by atoms with van der Waals surface area (Å²) < 4.78 is 11.1. The summed E-state index contributed by atoms with van der Waals surface area (Å²) in [7, 11) is 0. The van der Waals surface area contributed by atoms with Crippen molar-refractivity contribution in [2.45, 2.75) is 24.5 Å². The van der Waals surface area contributed by atoms with E-state index in [1.54, 1.807) is 30.0 Å². The molecule has 2 N–H and O–H groups in total. The molecular formula is C15H17NO5S. The molecule has 1 amide bonds. The number of ether oxygens (including phenoxy) is 2. The lowest BCUT2D eigenvalue weighted by molar-refractivity contribution is -0.150. The average molecular weight is 323 g/mol. The fourth-order valence-corrected chi connectivity index (χ4v) is 3.77. The molecule has 1 fully saturated rings. The molecule has 0 saturated carbocycles. The van der Waals surface area contributed by atoms with Gasteiger partial charge in [0.1, 0.15) is 12.1 Å². The van der Waals surface area contributed by atoms with Crippen LogP contribution < -0.4 is 14.8 Å². The third-order valence-corrected chi connectivity index (χ3v) is 4.90. The summed E-state index contributed by atoms with van der Waals surface area (Å²) in [6, 6.07) is 7.10. The largest absolute Gasteiger partial charge is 0.485 e. The molecule has 0 aliphatic carbocycles. The predicted molar refractivity (Wildman–Crippen MR) is 81.4 cm³/mol. The zero-order chi connectivity index (χ0) is 15.6. The van der Waals surface area contributed by atoms with Gasteiger partial charge in [-0.25, -0.2) is 4.79 Å². The van der Waals surface area contributed by atoms with E-state index in [4.69, 9.17) is 9.47 Å². The van der Waals surface area contributed by atoms with Crippen molar-refractivity contribution < 1.29 is 24.2 Å². The Labute approximate surface area is 132 Å². The first-order valence-electron chi connectivity index (χ1n) is 7.12. The van der Waals surface area contributed by atoms with Crippen molar-refractivity contribution in [3.05, 3.63) is 24.3 Å². The molecule has 0 aromatic heterocycles. The number of benzene rings is 1. The summed E-state index contributed by atoms with van der Waals surface area (Å²) in [5.41, 5.74) is -1.19. The Balaban J connectivity index is 1.70. The van der Waals surface area contributed by atoms with Crippen LogP contribution in [0.2, 0.25) is 0 Å². The van der Waals surface area contributed by atoms with Crippen LogP contribution in [0, 0.1) is 0 Å². The zero-order valence-corrected chi connectivity index (χ0v) is 12.7. The summed E-state index contributed by atoms with van der Waals surface area (Å²) in [6.45, 7) is 0.0767. The molecule has 2 heterocycles. The molecule has 1 unspecified atom stereocenters. The molecule has 7 heteroatoms. The lowest BCUT2D eigenvalue weighted by Gasteiger charge is -2.35. The van der Waals surface area contributed by atoms with E-state index in [1.807, 2.05) is 6.07 Å². The smallest absolute Gasteiger partial charge is 0.329 e. The van der Waals surface area contributed by atoms with Crippen molar-refractivity contribution in [2.24, 2.45) is 0 Å². The van der Waals surface area contributed by atoms with Gasteiger partial charge in [0.15, 0.2) is 11.5 Å². The fourth-order valence-electron chi connectivity index (χ4n) is 2.58. The highest BCUT2D eigenvalue weighted by Gasteiger charge is 2.43. The van der Waals surface area contributed by atoms with Crippen LogP contribution in [-0.2, 0) is 9.59 Å². The first-order valence-corrected chi connectivity index (χ1v) is 8.28. The number of rotatable bonds is 3. The summed E-state index contributed by atoms with van der Waals surface area (Å²) in [4.78, 5) is 24.0. The van der Waals surface area contributed by atoms with Gasteiger partial charge in [-0.1, -0.05) is 12.1 Å². The monoisotopic (exact) mass is 323 g/mol. The first kappa shape index (κ1) is 15.0. The van der Waals surface area contributed by atoms with E-state index in [0.717, 1.165) is 11.5 Å². The van der Waals surface area contributed by atoms with Gasteiger partial charge >= 0.3 is 5.97 Å². The number of thioether (sulfide) groups is 1. The molecule has 22 heavy (non-hydrogen) atoms. The molecule has 2 aliphatic rings. The van der Waals surface area contributed by atoms with Gasteiger partial charge in [0, 0.05) is 0 Å². The van der Waals surface area contributed by atoms with Crippen LogP contribution in [0.25, 0.3) is 0 Å². The molecule has 1 aromatic rings. The van der Waals surface area contributed by atoms with E-state index < -0.39 is 23.5 Å². The Morgan fingerprint density at radius 1 is 1.23 bits per heavy atom. The van der Waals surface area contributed by atoms with E-state index >= 15 is 0 Å². The maximum absolute atomic E-state index is 12.4. The van der Waals surface area contributed by atoms with Gasteiger partial charge in [-0.2, -0.15) is 11.8 Å². The van der Waals surface area contributed by atoms with Gasteiger partial charge in [-0.3, -0.25) is 4.79 Å². The molecule has 3 rings (SSSR count). The lowest BCUT2D eigenvalue weighted by Crippen LogP contribution is -2.60. The van der Waals surface area contributed by atoms with Crippen molar-refractivity contribution in [3.63, 3.8) is 0 Å². The second-order valence-corrected chi connectivity index (χ2v) is 6.58. The number of carboxylic acids is 1. The molecule has 0 spiro atoms. The van der Waals surface area contributed by atoms with Gasteiger partial charge in [0.2, 0.25) is 6.10 Å². The number of carbonyl (C=O) groups excluding carboxylic acids is 1. The summed E-state index contributed by atoms with van der Waals surface area (Å²) >= 11 is 1.70. The van der Waals surface area contributed by atoms with Gasteiger partial charge in [0.05, 0.1) is 0 Å². The van der Waals surface area contributed by atoms with Crippen molar-refractivity contribution in [1.29, 1.82) is 0 Å². The summed E-state index contributed by atoms with van der Waals surface area (Å²) in [5.74, 6) is 1.10. The van der Waals surface area contributed by atoms with Crippen LogP contribution in [0.3, 0.4) is 0 Å². The van der Waals surface area contributed by atoms with E-state index in [9.17, 15) is 14.7 Å². The van der Waals surface area contributed by atoms with Crippen LogP contribution in [0.4, 0.5) is 0 Å². The van der Waals surface area contributed by atoms with E-state index in [2.05, 4.69) is 5.32 Å². The van der Waals surface area contributed by atoms with Gasteiger partial charge in [0.25, 0.3) is 5.91 Å². The number of hydrogen-bond acceptors (Lipinski definition) is 5. The summed E-state index contributed by atoms with van der Waals surface area (Å²) in [5, 5.41) is 12.2. The molecule has 118 valence electrons. The number of carboxylic acid groups (broad SMARTS) is 1.